The first-order chi connectivity index (χ1) is 9.36. The van der Waals surface area contributed by atoms with Gasteiger partial charge in [0.2, 0.25) is 5.91 Å². The molecule has 1 aliphatic carbocycles. The lowest BCUT2D eigenvalue weighted by atomic mass is 9.80. The molecule has 1 saturated heterocycles. The van der Waals surface area contributed by atoms with Crippen LogP contribution in [0.1, 0.15) is 65.7 Å². The Balaban J connectivity index is 2.02. The van der Waals surface area contributed by atoms with Gasteiger partial charge in [-0.05, 0) is 29.6 Å². The van der Waals surface area contributed by atoms with Gasteiger partial charge in [-0.2, -0.15) is 0 Å². The van der Waals surface area contributed by atoms with Crippen molar-refractivity contribution in [3.63, 3.8) is 0 Å². The number of halogens is 1. The van der Waals surface area contributed by atoms with E-state index in [1.54, 1.807) is 0 Å². The molecule has 1 unspecified atom stereocenters. The SMILES string of the molecule is CC(C)(C)C1CC(=O)N(CC2(CBr)CCCCCC2)C1. The highest BCUT2D eigenvalue weighted by molar-refractivity contribution is 9.09. The minimum atomic E-state index is 0.245. The fourth-order valence-electron chi connectivity index (χ4n) is 3.72. The van der Waals surface area contributed by atoms with Gasteiger partial charge in [-0.15, -0.1) is 0 Å². The standard InChI is InChI=1S/C17H30BrNO/c1-16(2,3)14-10-15(20)19(11-14)13-17(12-18)8-6-4-5-7-9-17/h14H,4-13H2,1-3H3. The third kappa shape index (κ3) is 3.78. The predicted octanol–water partition coefficient (Wildman–Crippen LogP) is 4.62. The summed E-state index contributed by atoms with van der Waals surface area (Å²) in [5, 5.41) is 1.05. The van der Waals surface area contributed by atoms with Crippen LogP contribution >= 0.6 is 15.9 Å². The summed E-state index contributed by atoms with van der Waals surface area (Å²) in [6.07, 6.45) is 8.71. The molecule has 0 aromatic carbocycles. The average Bonchev–Trinajstić information content (AvgIpc) is 2.62. The van der Waals surface area contributed by atoms with Crippen LogP contribution < -0.4 is 0 Å². The molecule has 0 bridgehead atoms. The second-order valence-corrected chi connectivity index (χ2v) is 8.65. The largest absolute Gasteiger partial charge is 0.342 e. The summed E-state index contributed by atoms with van der Waals surface area (Å²) >= 11 is 3.75. The summed E-state index contributed by atoms with van der Waals surface area (Å²) in [5.41, 5.74) is 0.578. The van der Waals surface area contributed by atoms with Crippen LogP contribution in [0.15, 0.2) is 0 Å². The van der Waals surface area contributed by atoms with Gasteiger partial charge in [0.05, 0.1) is 0 Å². The molecule has 0 N–H and O–H groups in total. The maximum absolute atomic E-state index is 12.4. The third-order valence-corrected chi connectivity index (χ3v) is 6.60. The molecule has 0 aromatic heterocycles. The number of amides is 1. The molecule has 1 heterocycles. The number of hydrogen-bond acceptors (Lipinski definition) is 1. The zero-order valence-electron chi connectivity index (χ0n) is 13.4. The lowest BCUT2D eigenvalue weighted by Crippen LogP contribution is -2.40. The summed E-state index contributed by atoms with van der Waals surface area (Å²) < 4.78 is 0. The molecule has 2 fully saturated rings. The van der Waals surface area contributed by atoms with E-state index in [9.17, 15) is 4.79 Å². The van der Waals surface area contributed by atoms with Gasteiger partial charge >= 0.3 is 0 Å². The van der Waals surface area contributed by atoms with Crippen molar-refractivity contribution in [2.45, 2.75) is 65.7 Å². The molecule has 1 aliphatic heterocycles. The summed E-state index contributed by atoms with van der Waals surface area (Å²) in [5.74, 6) is 0.905. The lowest BCUT2D eigenvalue weighted by Gasteiger charge is -2.36. The van der Waals surface area contributed by atoms with E-state index in [1.807, 2.05) is 0 Å². The second-order valence-electron chi connectivity index (χ2n) is 8.09. The molecule has 1 saturated carbocycles. The van der Waals surface area contributed by atoms with Crippen LogP contribution in [-0.4, -0.2) is 29.2 Å². The Morgan fingerprint density at radius 2 is 1.80 bits per heavy atom. The number of hydrogen-bond donors (Lipinski definition) is 0. The average molecular weight is 344 g/mol. The van der Waals surface area contributed by atoms with Gasteiger partial charge < -0.3 is 4.90 Å². The van der Waals surface area contributed by atoms with Crippen molar-refractivity contribution in [1.82, 2.24) is 4.90 Å². The van der Waals surface area contributed by atoms with Crippen molar-refractivity contribution in [2.75, 3.05) is 18.4 Å². The number of carbonyl (C=O) groups is 1. The summed E-state index contributed by atoms with van der Waals surface area (Å²) in [4.78, 5) is 14.5. The molecule has 116 valence electrons. The Morgan fingerprint density at radius 1 is 1.20 bits per heavy atom. The maximum atomic E-state index is 12.4. The van der Waals surface area contributed by atoms with Crippen LogP contribution in [0, 0.1) is 16.7 Å². The summed E-state index contributed by atoms with van der Waals surface area (Å²) in [6, 6.07) is 0. The van der Waals surface area contributed by atoms with Gasteiger partial charge in [-0.25, -0.2) is 0 Å². The fraction of sp³-hybridized carbons (Fsp3) is 0.941. The number of likely N-dealkylation sites (tertiary alicyclic amines) is 1. The van der Waals surface area contributed by atoms with Crippen molar-refractivity contribution in [1.29, 1.82) is 0 Å². The fourth-order valence-corrected chi connectivity index (χ4v) is 4.46. The first-order valence-corrected chi connectivity index (χ1v) is 9.32. The van der Waals surface area contributed by atoms with Gasteiger partial charge in [-0.3, -0.25) is 4.79 Å². The van der Waals surface area contributed by atoms with Gasteiger partial charge in [-0.1, -0.05) is 62.4 Å². The number of alkyl halides is 1. The minimum absolute atomic E-state index is 0.245. The van der Waals surface area contributed by atoms with Crippen LogP contribution in [0.4, 0.5) is 0 Å². The molecule has 0 radical (unpaired) electrons. The van der Waals surface area contributed by atoms with Crippen LogP contribution in [0.5, 0.6) is 0 Å². The third-order valence-electron chi connectivity index (χ3n) is 5.41. The van der Waals surface area contributed by atoms with E-state index in [4.69, 9.17) is 0 Å². The zero-order valence-corrected chi connectivity index (χ0v) is 15.0. The zero-order chi connectivity index (χ0) is 14.8. The maximum Gasteiger partial charge on any atom is 0.222 e. The van der Waals surface area contributed by atoms with Crippen molar-refractivity contribution < 1.29 is 4.79 Å². The molecule has 1 atom stereocenters. The molecule has 3 heteroatoms. The molecular formula is C17H30BrNO. The Hall–Kier alpha value is -0.0500. The highest BCUT2D eigenvalue weighted by Crippen LogP contribution is 2.40. The lowest BCUT2D eigenvalue weighted by molar-refractivity contribution is -0.129. The van der Waals surface area contributed by atoms with Crippen LogP contribution in [0.2, 0.25) is 0 Å². The van der Waals surface area contributed by atoms with E-state index in [-0.39, 0.29) is 5.41 Å². The van der Waals surface area contributed by atoms with Crippen molar-refractivity contribution >= 4 is 21.8 Å². The number of carbonyl (C=O) groups excluding carboxylic acids is 1. The van der Waals surface area contributed by atoms with Crippen molar-refractivity contribution in [3.05, 3.63) is 0 Å². The predicted molar refractivity (Wildman–Crippen MR) is 88.1 cm³/mol. The van der Waals surface area contributed by atoms with E-state index in [0.717, 1.165) is 24.8 Å². The molecule has 2 nitrogen and oxygen atoms in total. The van der Waals surface area contributed by atoms with Gasteiger partial charge in [0.25, 0.3) is 0 Å². The Morgan fingerprint density at radius 3 is 2.25 bits per heavy atom. The van der Waals surface area contributed by atoms with Crippen molar-refractivity contribution in [2.24, 2.45) is 16.7 Å². The van der Waals surface area contributed by atoms with Crippen molar-refractivity contribution in [3.8, 4) is 0 Å². The molecule has 1 amide bonds. The highest BCUT2D eigenvalue weighted by Gasteiger charge is 2.40. The van der Waals surface area contributed by atoms with Crippen LogP contribution in [0.3, 0.4) is 0 Å². The Kier molecular flexibility index (Phi) is 5.20. The second kappa shape index (κ2) is 6.37. The Labute approximate surface area is 132 Å². The summed E-state index contributed by atoms with van der Waals surface area (Å²) in [6.45, 7) is 8.74. The first kappa shape index (κ1) is 16.3. The molecule has 20 heavy (non-hydrogen) atoms. The number of nitrogens with zero attached hydrogens (tertiary/aromatic N) is 1. The molecule has 0 aromatic rings. The Bertz CT molecular complexity index is 339. The van der Waals surface area contributed by atoms with E-state index >= 15 is 0 Å². The van der Waals surface area contributed by atoms with Gasteiger partial charge in [0, 0.05) is 24.8 Å². The monoisotopic (exact) mass is 343 g/mol. The van der Waals surface area contributed by atoms with Crippen LogP contribution in [0.25, 0.3) is 0 Å². The topological polar surface area (TPSA) is 20.3 Å². The minimum Gasteiger partial charge on any atom is -0.342 e. The van der Waals surface area contributed by atoms with Gasteiger partial charge in [0.1, 0.15) is 0 Å². The molecule has 2 rings (SSSR count). The number of rotatable bonds is 3. The molecular weight excluding hydrogens is 314 g/mol. The smallest absolute Gasteiger partial charge is 0.222 e. The van der Waals surface area contributed by atoms with Crippen LogP contribution in [-0.2, 0) is 4.79 Å². The molecule has 2 aliphatic rings. The van der Waals surface area contributed by atoms with E-state index in [0.29, 0.717) is 17.2 Å². The van der Waals surface area contributed by atoms with E-state index in [1.165, 1.54) is 38.5 Å². The quantitative estimate of drug-likeness (QED) is 0.540. The normalized spacial score (nSPS) is 27.7. The first-order valence-electron chi connectivity index (χ1n) is 8.20. The summed E-state index contributed by atoms with van der Waals surface area (Å²) in [7, 11) is 0. The van der Waals surface area contributed by atoms with E-state index < -0.39 is 0 Å². The van der Waals surface area contributed by atoms with E-state index in [2.05, 4.69) is 41.6 Å². The highest BCUT2D eigenvalue weighted by atomic mass is 79.9. The molecule has 0 spiro atoms. The van der Waals surface area contributed by atoms with Gasteiger partial charge in [0.15, 0.2) is 0 Å².